The fourth-order valence-electron chi connectivity index (χ4n) is 3.05. The summed E-state index contributed by atoms with van der Waals surface area (Å²) in [5.41, 5.74) is 2.47. The first-order valence-electron chi connectivity index (χ1n) is 9.42. The number of nitrogens with zero attached hydrogens (tertiary/aromatic N) is 1. The van der Waals surface area contributed by atoms with Gasteiger partial charge in [-0.15, -0.1) is 11.3 Å². The summed E-state index contributed by atoms with van der Waals surface area (Å²) >= 11 is 3.50. The summed E-state index contributed by atoms with van der Waals surface area (Å²) < 4.78 is 2.19. The number of hydrogen-bond acceptors (Lipinski definition) is 4. The van der Waals surface area contributed by atoms with Crippen molar-refractivity contribution in [2.45, 2.75) is 24.6 Å². The topological polar surface area (TPSA) is 42.0 Å². The molecular formula is C23H22N2OS2. The molecular weight excluding hydrogens is 384 g/mol. The van der Waals surface area contributed by atoms with Crippen LogP contribution in [0.4, 0.5) is 5.69 Å². The van der Waals surface area contributed by atoms with E-state index in [0.29, 0.717) is 11.5 Å². The van der Waals surface area contributed by atoms with E-state index in [9.17, 15) is 4.79 Å². The van der Waals surface area contributed by atoms with E-state index in [1.165, 1.54) is 6.42 Å². The van der Waals surface area contributed by atoms with Crippen molar-refractivity contribution in [3.63, 3.8) is 0 Å². The van der Waals surface area contributed by atoms with Crippen molar-refractivity contribution in [2.24, 2.45) is 5.92 Å². The maximum Gasteiger partial charge on any atom is 0.256 e. The second-order valence-electron chi connectivity index (χ2n) is 7.17. The molecule has 1 amide bonds. The van der Waals surface area contributed by atoms with Crippen LogP contribution >= 0.6 is 23.1 Å². The molecule has 1 aromatic heterocycles. The van der Waals surface area contributed by atoms with E-state index >= 15 is 0 Å². The molecule has 0 atom stereocenters. The molecule has 0 saturated heterocycles. The molecule has 0 radical (unpaired) electrons. The second-order valence-corrected chi connectivity index (χ2v) is 9.55. The number of anilines is 1. The maximum absolute atomic E-state index is 12.8. The van der Waals surface area contributed by atoms with Gasteiger partial charge in [-0.1, -0.05) is 62.0 Å². The molecule has 1 N–H and O–H groups in total. The maximum atomic E-state index is 12.8. The van der Waals surface area contributed by atoms with Gasteiger partial charge in [0, 0.05) is 17.0 Å². The zero-order valence-corrected chi connectivity index (χ0v) is 17.6. The molecule has 3 aromatic carbocycles. The van der Waals surface area contributed by atoms with E-state index in [-0.39, 0.29) is 5.91 Å². The predicted molar refractivity (Wildman–Crippen MR) is 122 cm³/mol. The minimum atomic E-state index is -0.0906. The Morgan fingerprint density at radius 2 is 1.93 bits per heavy atom. The van der Waals surface area contributed by atoms with Gasteiger partial charge in [0.2, 0.25) is 0 Å². The van der Waals surface area contributed by atoms with Crippen LogP contribution in [0.25, 0.3) is 21.0 Å². The normalized spacial score (nSPS) is 11.4. The number of carbonyl (C=O) groups excluding carboxylic acids is 1. The Morgan fingerprint density at radius 3 is 2.79 bits per heavy atom. The fraction of sp³-hybridized carbons (Fsp3) is 0.217. The number of amides is 1. The van der Waals surface area contributed by atoms with Crippen LogP contribution in [0, 0.1) is 5.92 Å². The van der Waals surface area contributed by atoms with Gasteiger partial charge in [0.1, 0.15) is 0 Å². The van der Waals surface area contributed by atoms with Gasteiger partial charge in [0.25, 0.3) is 5.91 Å². The molecule has 4 aromatic rings. The summed E-state index contributed by atoms with van der Waals surface area (Å²) in [6, 6.07) is 19.7. The summed E-state index contributed by atoms with van der Waals surface area (Å²) in [4.78, 5) is 17.5. The third kappa shape index (κ3) is 4.21. The summed E-state index contributed by atoms with van der Waals surface area (Å²) in [6.07, 6.45) is 1.19. The van der Waals surface area contributed by atoms with E-state index in [1.807, 2.05) is 72.4 Å². The van der Waals surface area contributed by atoms with Crippen LogP contribution < -0.4 is 5.32 Å². The molecule has 0 saturated carbocycles. The number of benzene rings is 3. The average molecular weight is 407 g/mol. The molecule has 28 heavy (non-hydrogen) atoms. The van der Waals surface area contributed by atoms with Gasteiger partial charge in [0.05, 0.1) is 10.2 Å². The van der Waals surface area contributed by atoms with Crippen LogP contribution in [0.3, 0.4) is 0 Å². The Morgan fingerprint density at radius 1 is 1.11 bits per heavy atom. The third-order valence-electron chi connectivity index (χ3n) is 4.58. The molecule has 0 aliphatic carbocycles. The molecule has 4 rings (SSSR count). The van der Waals surface area contributed by atoms with Gasteiger partial charge >= 0.3 is 0 Å². The summed E-state index contributed by atoms with van der Waals surface area (Å²) in [5, 5.41) is 5.07. The van der Waals surface area contributed by atoms with Crippen LogP contribution in [0.5, 0.6) is 0 Å². The first-order chi connectivity index (χ1) is 13.6. The number of aromatic nitrogens is 1. The first kappa shape index (κ1) is 19.0. The Balaban J connectivity index is 1.53. The van der Waals surface area contributed by atoms with Crippen molar-refractivity contribution in [3.8, 4) is 0 Å². The Bertz CT molecular complexity index is 1130. The minimum absolute atomic E-state index is 0.0906. The number of hydrogen-bond donors (Lipinski definition) is 1. The lowest BCUT2D eigenvalue weighted by Gasteiger charge is -2.08. The van der Waals surface area contributed by atoms with Crippen molar-refractivity contribution in [3.05, 3.63) is 66.2 Å². The predicted octanol–water partition coefficient (Wildman–Crippen LogP) is 6.84. The molecule has 0 fully saturated rings. The summed E-state index contributed by atoms with van der Waals surface area (Å²) in [5.74, 6) is 1.70. The lowest BCUT2D eigenvalue weighted by Crippen LogP contribution is -2.12. The molecule has 0 aliphatic heterocycles. The van der Waals surface area contributed by atoms with Crippen molar-refractivity contribution < 1.29 is 4.79 Å². The quantitative estimate of drug-likeness (QED) is 0.356. The zero-order chi connectivity index (χ0) is 19.5. The Labute approximate surface area is 173 Å². The first-order valence-corrected chi connectivity index (χ1v) is 11.2. The van der Waals surface area contributed by atoms with E-state index in [1.54, 1.807) is 11.3 Å². The number of thiazole rings is 1. The Hall–Kier alpha value is -2.37. The number of nitrogens with one attached hydrogen (secondary N) is 1. The SMILES string of the molecule is CC(C)CCSc1nc2ccc(NC(=O)c3cccc4ccccc34)cc2s1. The van der Waals surface area contributed by atoms with E-state index in [4.69, 9.17) is 4.98 Å². The Kier molecular flexibility index (Phi) is 5.64. The molecule has 1 heterocycles. The highest BCUT2D eigenvalue weighted by Crippen LogP contribution is 2.32. The second kappa shape index (κ2) is 8.33. The van der Waals surface area contributed by atoms with Crippen LogP contribution in [0.2, 0.25) is 0 Å². The van der Waals surface area contributed by atoms with Gasteiger partial charge in [-0.25, -0.2) is 4.98 Å². The van der Waals surface area contributed by atoms with E-state index in [0.717, 1.165) is 36.8 Å². The van der Waals surface area contributed by atoms with Crippen molar-refractivity contribution in [1.82, 2.24) is 4.98 Å². The van der Waals surface area contributed by atoms with E-state index in [2.05, 4.69) is 19.2 Å². The molecule has 0 spiro atoms. The largest absolute Gasteiger partial charge is 0.322 e. The van der Waals surface area contributed by atoms with Gasteiger partial charge in [0.15, 0.2) is 4.34 Å². The lowest BCUT2D eigenvalue weighted by molar-refractivity contribution is 0.102. The minimum Gasteiger partial charge on any atom is -0.322 e. The van der Waals surface area contributed by atoms with Crippen LogP contribution in [-0.4, -0.2) is 16.6 Å². The van der Waals surface area contributed by atoms with Gasteiger partial charge in [-0.2, -0.15) is 0 Å². The molecule has 0 unspecified atom stereocenters. The monoisotopic (exact) mass is 406 g/mol. The lowest BCUT2D eigenvalue weighted by atomic mass is 10.0. The van der Waals surface area contributed by atoms with Crippen LogP contribution in [-0.2, 0) is 0 Å². The summed E-state index contributed by atoms with van der Waals surface area (Å²) in [7, 11) is 0. The van der Waals surface area contributed by atoms with Gasteiger partial charge < -0.3 is 5.32 Å². The smallest absolute Gasteiger partial charge is 0.256 e. The third-order valence-corrected chi connectivity index (χ3v) is 6.78. The number of fused-ring (bicyclic) bond motifs is 2. The van der Waals surface area contributed by atoms with Crippen molar-refractivity contribution in [2.75, 3.05) is 11.1 Å². The molecule has 3 nitrogen and oxygen atoms in total. The van der Waals surface area contributed by atoms with Gasteiger partial charge in [-0.3, -0.25) is 4.79 Å². The highest BCUT2D eigenvalue weighted by molar-refractivity contribution is 8.01. The standard InChI is InChI=1S/C23H22N2OS2/c1-15(2)12-13-27-23-25-20-11-10-17(14-21(20)28-23)24-22(26)19-9-5-7-16-6-3-4-8-18(16)19/h3-11,14-15H,12-13H2,1-2H3,(H,24,26). The highest BCUT2D eigenvalue weighted by Gasteiger charge is 2.11. The number of rotatable bonds is 6. The van der Waals surface area contributed by atoms with E-state index < -0.39 is 0 Å². The van der Waals surface area contributed by atoms with Crippen molar-refractivity contribution in [1.29, 1.82) is 0 Å². The zero-order valence-electron chi connectivity index (χ0n) is 15.9. The summed E-state index contributed by atoms with van der Waals surface area (Å²) in [6.45, 7) is 4.48. The van der Waals surface area contributed by atoms with Crippen molar-refractivity contribution >= 4 is 55.7 Å². The number of thioether (sulfide) groups is 1. The molecule has 5 heteroatoms. The highest BCUT2D eigenvalue weighted by atomic mass is 32.2. The fourth-order valence-corrected chi connectivity index (χ4v) is 5.46. The molecule has 0 aliphatic rings. The average Bonchev–Trinajstić information content (AvgIpc) is 3.09. The van der Waals surface area contributed by atoms with Crippen LogP contribution in [0.15, 0.2) is 65.0 Å². The molecule has 142 valence electrons. The molecule has 0 bridgehead atoms. The number of carbonyl (C=O) groups is 1. The van der Waals surface area contributed by atoms with Gasteiger partial charge in [-0.05, 0) is 47.4 Å². The van der Waals surface area contributed by atoms with Crippen LogP contribution in [0.1, 0.15) is 30.6 Å².